The summed E-state index contributed by atoms with van der Waals surface area (Å²) < 4.78 is 0. The fourth-order valence-electron chi connectivity index (χ4n) is 1.47. The molecule has 2 rings (SSSR count). The van der Waals surface area contributed by atoms with E-state index in [0.29, 0.717) is 10.0 Å². The van der Waals surface area contributed by atoms with E-state index in [9.17, 15) is 0 Å². The first-order valence-electron chi connectivity index (χ1n) is 4.48. The molecule has 2 N–H and O–H groups in total. The lowest BCUT2D eigenvalue weighted by Gasteiger charge is -2.06. The van der Waals surface area contributed by atoms with Crippen LogP contribution < -0.4 is 5.73 Å². The minimum atomic E-state index is 0. The minimum Gasteiger partial charge on any atom is -0.398 e. The van der Waals surface area contributed by atoms with Gasteiger partial charge in [-0.25, -0.2) is 0 Å². The number of hydrogen-bond acceptors (Lipinski definition) is 1. The van der Waals surface area contributed by atoms with Gasteiger partial charge < -0.3 is 5.73 Å². The molecular formula is C12H10Cl3N. The van der Waals surface area contributed by atoms with Gasteiger partial charge in [0.2, 0.25) is 0 Å². The van der Waals surface area contributed by atoms with Crippen LogP contribution in [0.4, 0.5) is 5.69 Å². The minimum absolute atomic E-state index is 0. The second kappa shape index (κ2) is 5.44. The first kappa shape index (κ1) is 13.2. The van der Waals surface area contributed by atoms with Gasteiger partial charge in [-0.3, -0.25) is 0 Å². The lowest BCUT2D eigenvalue weighted by atomic mass is 10.0. The zero-order chi connectivity index (χ0) is 10.8. The second-order valence-electron chi connectivity index (χ2n) is 3.25. The predicted octanol–water partition coefficient (Wildman–Crippen LogP) is 4.66. The first-order chi connectivity index (χ1) is 7.16. The molecule has 16 heavy (non-hydrogen) atoms. The number of rotatable bonds is 1. The molecule has 2 aromatic rings. The molecule has 2 aromatic carbocycles. The molecule has 0 aliphatic heterocycles. The third-order valence-electron chi connectivity index (χ3n) is 2.13. The molecule has 0 saturated carbocycles. The highest BCUT2D eigenvalue weighted by Crippen LogP contribution is 2.30. The van der Waals surface area contributed by atoms with Crippen molar-refractivity contribution in [3.05, 3.63) is 52.5 Å². The summed E-state index contributed by atoms with van der Waals surface area (Å²) in [7, 11) is 0. The van der Waals surface area contributed by atoms with Gasteiger partial charge in [-0.05, 0) is 29.8 Å². The number of nitrogen functional groups attached to an aromatic ring is 1. The van der Waals surface area contributed by atoms with Crippen LogP contribution in [0.5, 0.6) is 0 Å². The van der Waals surface area contributed by atoms with Gasteiger partial charge in [-0.1, -0.05) is 41.4 Å². The number of benzene rings is 2. The molecular weight excluding hydrogens is 264 g/mol. The van der Waals surface area contributed by atoms with E-state index in [1.165, 1.54) is 0 Å². The van der Waals surface area contributed by atoms with Gasteiger partial charge in [0.25, 0.3) is 0 Å². The van der Waals surface area contributed by atoms with E-state index < -0.39 is 0 Å². The molecule has 84 valence electrons. The quantitative estimate of drug-likeness (QED) is 0.752. The monoisotopic (exact) mass is 273 g/mol. The fraction of sp³-hybridized carbons (Fsp3) is 0. The maximum atomic E-state index is 5.93. The van der Waals surface area contributed by atoms with E-state index in [1.807, 2.05) is 36.4 Å². The van der Waals surface area contributed by atoms with Gasteiger partial charge in [0.1, 0.15) is 0 Å². The van der Waals surface area contributed by atoms with Gasteiger partial charge in [-0.15, -0.1) is 12.4 Å². The number of nitrogens with two attached hydrogens (primary N) is 1. The molecule has 0 atom stereocenters. The summed E-state index contributed by atoms with van der Waals surface area (Å²) >= 11 is 11.9. The maximum Gasteiger partial charge on any atom is 0.0426 e. The fourth-order valence-corrected chi connectivity index (χ4v) is 2.00. The third kappa shape index (κ3) is 2.82. The summed E-state index contributed by atoms with van der Waals surface area (Å²) in [4.78, 5) is 0. The van der Waals surface area contributed by atoms with Crippen molar-refractivity contribution in [2.45, 2.75) is 0 Å². The van der Waals surface area contributed by atoms with Crippen LogP contribution in [0.3, 0.4) is 0 Å². The average Bonchev–Trinajstić information content (AvgIpc) is 2.16. The lowest BCUT2D eigenvalue weighted by molar-refractivity contribution is 1.61. The third-order valence-corrected chi connectivity index (χ3v) is 2.57. The first-order valence-corrected chi connectivity index (χ1v) is 5.23. The Labute approximate surface area is 111 Å². The molecule has 0 spiro atoms. The van der Waals surface area contributed by atoms with Crippen molar-refractivity contribution in [3.63, 3.8) is 0 Å². The number of anilines is 1. The molecule has 0 aromatic heterocycles. The molecule has 4 heteroatoms. The van der Waals surface area contributed by atoms with E-state index in [2.05, 4.69) is 0 Å². The Balaban J connectivity index is 0.00000128. The number of para-hydroxylation sites is 1. The zero-order valence-corrected chi connectivity index (χ0v) is 10.6. The van der Waals surface area contributed by atoms with Crippen molar-refractivity contribution >= 4 is 41.3 Å². The van der Waals surface area contributed by atoms with E-state index in [0.717, 1.165) is 16.8 Å². The molecule has 1 nitrogen and oxygen atoms in total. The summed E-state index contributed by atoms with van der Waals surface area (Å²) in [6.45, 7) is 0. The maximum absolute atomic E-state index is 5.93. The van der Waals surface area contributed by atoms with Crippen molar-refractivity contribution in [2.75, 3.05) is 5.73 Å². The number of hydrogen-bond donors (Lipinski definition) is 1. The van der Waals surface area contributed by atoms with Gasteiger partial charge in [-0.2, -0.15) is 0 Å². The van der Waals surface area contributed by atoms with Crippen LogP contribution >= 0.6 is 35.6 Å². The Hall–Kier alpha value is -0.890. The van der Waals surface area contributed by atoms with Gasteiger partial charge in [0.05, 0.1) is 0 Å². The van der Waals surface area contributed by atoms with Crippen LogP contribution in [0.1, 0.15) is 0 Å². The molecule has 0 unspecified atom stereocenters. The molecule has 0 amide bonds. The topological polar surface area (TPSA) is 26.0 Å². The second-order valence-corrected chi connectivity index (χ2v) is 4.12. The summed E-state index contributed by atoms with van der Waals surface area (Å²) in [5.74, 6) is 0. The molecule has 0 aliphatic carbocycles. The van der Waals surface area contributed by atoms with Crippen LogP contribution in [-0.2, 0) is 0 Å². The zero-order valence-electron chi connectivity index (χ0n) is 8.28. The molecule has 0 aliphatic rings. The summed E-state index contributed by atoms with van der Waals surface area (Å²) in [5, 5.41) is 1.22. The average molecular weight is 275 g/mol. The molecule has 0 fully saturated rings. The van der Waals surface area contributed by atoms with Crippen molar-refractivity contribution < 1.29 is 0 Å². The van der Waals surface area contributed by atoms with Crippen LogP contribution in [0, 0.1) is 0 Å². The highest BCUT2D eigenvalue weighted by molar-refractivity contribution is 6.35. The van der Waals surface area contributed by atoms with Crippen LogP contribution in [-0.4, -0.2) is 0 Å². The summed E-state index contributed by atoms with van der Waals surface area (Å²) in [6, 6.07) is 13.0. The van der Waals surface area contributed by atoms with E-state index in [1.54, 1.807) is 6.07 Å². The standard InChI is InChI=1S/C12H9Cl2N.ClH/c13-9-5-8(6-10(14)7-9)11-3-1-2-4-12(11)15;/h1-7H,15H2;1H. The van der Waals surface area contributed by atoms with Crippen molar-refractivity contribution in [2.24, 2.45) is 0 Å². The van der Waals surface area contributed by atoms with Gasteiger partial charge in [0.15, 0.2) is 0 Å². The van der Waals surface area contributed by atoms with Gasteiger partial charge >= 0.3 is 0 Å². The molecule has 0 radical (unpaired) electrons. The van der Waals surface area contributed by atoms with E-state index in [-0.39, 0.29) is 12.4 Å². The molecule has 0 heterocycles. The van der Waals surface area contributed by atoms with E-state index in [4.69, 9.17) is 28.9 Å². The lowest BCUT2D eigenvalue weighted by Crippen LogP contribution is -1.89. The Morgan fingerprint density at radius 3 is 2.00 bits per heavy atom. The smallest absolute Gasteiger partial charge is 0.0426 e. The summed E-state index contributed by atoms with van der Waals surface area (Å²) in [6.07, 6.45) is 0. The highest BCUT2D eigenvalue weighted by atomic mass is 35.5. The Morgan fingerprint density at radius 2 is 1.44 bits per heavy atom. The Bertz CT molecular complexity index is 477. The van der Waals surface area contributed by atoms with Crippen LogP contribution in [0.15, 0.2) is 42.5 Å². The Morgan fingerprint density at radius 1 is 0.875 bits per heavy atom. The number of halogens is 3. The SMILES string of the molecule is Cl.Nc1ccccc1-c1cc(Cl)cc(Cl)c1. The van der Waals surface area contributed by atoms with Crippen LogP contribution in [0.2, 0.25) is 10.0 Å². The normalized spacial score (nSPS) is 9.62. The molecule has 0 bridgehead atoms. The predicted molar refractivity (Wildman–Crippen MR) is 73.6 cm³/mol. The van der Waals surface area contributed by atoms with Gasteiger partial charge in [0, 0.05) is 21.3 Å². The Kier molecular flexibility index (Phi) is 4.48. The largest absolute Gasteiger partial charge is 0.398 e. The van der Waals surface area contributed by atoms with E-state index >= 15 is 0 Å². The van der Waals surface area contributed by atoms with Crippen molar-refractivity contribution in [1.82, 2.24) is 0 Å². The summed E-state index contributed by atoms with van der Waals surface area (Å²) in [5.41, 5.74) is 8.47. The van der Waals surface area contributed by atoms with Crippen molar-refractivity contribution in [1.29, 1.82) is 0 Å². The van der Waals surface area contributed by atoms with Crippen LogP contribution in [0.25, 0.3) is 11.1 Å². The highest BCUT2D eigenvalue weighted by Gasteiger charge is 2.03. The van der Waals surface area contributed by atoms with Crippen molar-refractivity contribution in [3.8, 4) is 11.1 Å². The molecule has 0 saturated heterocycles.